The first-order valence-electron chi connectivity index (χ1n) is 4.63. The van der Waals surface area contributed by atoms with Crippen LogP contribution in [0.25, 0.3) is 11.1 Å². The molecule has 14 heavy (non-hydrogen) atoms. The first-order chi connectivity index (χ1) is 6.45. The van der Waals surface area contributed by atoms with Gasteiger partial charge in [0.15, 0.2) is 0 Å². The van der Waals surface area contributed by atoms with Crippen molar-refractivity contribution in [3.8, 4) is 0 Å². The van der Waals surface area contributed by atoms with Gasteiger partial charge in [0.25, 0.3) is 0 Å². The van der Waals surface area contributed by atoms with Gasteiger partial charge in [0.1, 0.15) is 12.2 Å². The average Bonchev–Trinajstić information content (AvgIpc) is 2.89. The number of hydrogen-bond donors (Lipinski definition) is 0. The maximum Gasteiger partial charge on any atom is 0.114 e. The second-order valence-electron chi connectivity index (χ2n) is 3.75. The standard InChI is InChI=1S/C12H8O.ClH/c1-2-4-8-7(3-1)9-5-6-10-12(13-10)11(8)9;/h1-6,10,12H;1H. The molecule has 1 heterocycles. The number of benzene rings is 1. The van der Waals surface area contributed by atoms with Crippen LogP contribution in [0.1, 0.15) is 11.1 Å². The van der Waals surface area contributed by atoms with E-state index < -0.39 is 0 Å². The third kappa shape index (κ3) is 0.794. The molecule has 1 fully saturated rings. The lowest BCUT2D eigenvalue weighted by Crippen LogP contribution is -2.13. The Balaban J connectivity index is 0.000000640. The molecule has 0 saturated carbocycles. The molecule has 1 aliphatic heterocycles. The molecule has 1 nitrogen and oxygen atoms in total. The van der Waals surface area contributed by atoms with E-state index >= 15 is 0 Å². The SMILES string of the molecule is C1=CC2OC2C2=C1c1ccccc12.Cl. The quantitative estimate of drug-likeness (QED) is 0.592. The highest BCUT2D eigenvalue weighted by Crippen LogP contribution is 2.52. The molecule has 2 heteroatoms. The topological polar surface area (TPSA) is 12.5 Å². The Morgan fingerprint density at radius 2 is 1.86 bits per heavy atom. The third-order valence-electron chi connectivity index (χ3n) is 3.06. The normalized spacial score (nSPS) is 29.4. The molecule has 0 aromatic heterocycles. The van der Waals surface area contributed by atoms with Crippen LogP contribution in [-0.2, 0) is 4.74 Å². The van der Waals surface area contributed by atoms with Gasteiger partial charge >= 0.3 is 0 Å². The van der Waals surface area contributed by atoms with Crippen molar-refractivity contribution in [3.05, 3.63) is 47.5 Å². The molecular weight excluding hydrogens is 196 g/mol. The Bertz CT molecular complexity index is 473. The Kier molecular flexibility index (Phi) is 1.48. The smallest absolute Gasteiger partial charge is 0.114 e. The van der Waals surface area contributed by atoms with Crippen LogP contribution in [0, 0.1) is 0 Å². The van der Waals surface area contributed by atoms with Gasteiger partial charge in [0, 0.05) is 0 Å². The fourth-order valence-electron chi connectivity index (χ4n) is 2.36. The molecule has 1 aromatic carbocycles. The molecule has 0 N–H and O–H groups in total. The van der Waals surface area contributed by atoms with Crippen molar-refractivity contribution in [3.63, 3.8) is 0 Å². The van der Waals surface area contributed by atoms with Crippen LogP contribution in [0.15, 0.2) is 36.4 Å². The number of allylic oxidation sites excluding steroid dienone is 2. The van der Waals surface area contributed by atoms with Gasteiger partial charge in [-0.25, -0.2) is 0 Å². The minimum Gasteiger partial charge on any atom is -0.360 e. The molecule has 70 valence electrons. The molecule has 0 bridgehead atoms. The third-order valence-corrected chi connectivity index (χ3v) is 3.06. The lowest BCUT2D eigenvalue weighted by molar-refractivity contribution is 0.418. The number of hydrogen-bond acceptors (Lipinski definition) is 1. The minimum atomic E-state index is 0. The molecule has 2 atom stereocenters. The summed E-state index contributed by atoms with van der Waals surface area (Å²) in [5.41, 5.74) is 5.62. The molecule has 3 aliphatic rings. The largest absolute Gasteiger partial charge is 0.360 e. The molecule has 2 unspecified atom stereocenters. The first kappa shape index (κ1) is 8.27. The highest BCUT2D eigenvalue weighted by Gasteiger charge is 2.47. The molecule has 4 rings (SSSR count). The fourth-order valence-corrected chi connectivity index (χ4v) is 2.36. The summed E-state index contributed by atoms with van der Waals surface area (Å²) in [7, 11) is 0. The summed E-state index contributed by atoms with van der Waals surface area (Å²) >= 11 is 0. The van der Waals surface area contributed by atoms with Gasteiger partial charge in [0.05, 0.1) is 0 Å². The maximum absolute atomic E-state index is 5.52. The average molecular weight is 205 g/mol. The number of ether oxygens (including phenoxy) is 1. The van der Waals surface area contributed by atoms with Crippen LogP contribution in [-0.4, -0.2) is 12.2 Å². The van der Waals surface area contributed by atoms with Crippen LogP contribution < -0.4 is 0 Å². The predicted octanol–water partition coefficient (Wildman–Crippen LogP) is 2.67. The van der Waals surface area contributed by atoms with Crippen LogP contribution in [0.3, 0.4) is 0 Å². The molecule has 0 spiro atoms. The number of epoxide rings is 1. The van der Waals surface area contributed by atoms with Crippen molar-refractivity contribution >= 4 is 23.6 Å². The van der Waals surface area contributed by atoms with Crippen molar-refractivity contribution in [2.24, 2.45) is 0 Å². The summed E-state index contributed by atoms with van der Waals surface area (Å²) < 4.78 is 5.52. The molecule has 1 saturated heterocycles. The zero-order chi connectivity index (χ0) is 8.41. The van der Waals surface area contributed by atoms with Crippen molar-refractivity contribution in [1.29, 1.82) is 0 Å². The molecule has 1 aromatic rings. The number of halogens is 1. The van der Waals surface area contributed by atoms with Gasteiger partial charge in [-0.2, -0.15) is 0 Å². The lowest BCUT2D eigenvalue weighted by Gasteiger charge is -2.26. The summed E-state index contributed by atoms with van der Waals surface area (Å²) in [6.45, 7) is 0. The van der Waals surface area contributed by atoms with Gasteiger partial charge in [-0.15, -0.1) is 12.4 Å². The van der Waals surface area contributed by atoms with Crippen LogP contribution in [0.4, 0.5) is 0 Å². The van der Waals surface area contributed by atoms with Crippen molar-refractivity contribution in [2.45, 2.75) is 12.2 Å². The Labute approximate surface area is 88.5 Å². The van der Waals surface area contributed by atoms with E-state index in [9.17, 15) is 0 Å². The van der Waals surface area contributed by atoms with Crippen molar-refractivity contribution in [2.75, 3.05) is 0 Å². The van der Waals surface area contributed by atoms with Crippen LogP contribution >= 0.6 is 12.4 Å². The van der Waals surface area contributed by atoms with Crippen molar-refractivity contribution in [1.82, 2.24) is 0 Å². The molecule has 0 radical (unpaired) electrons. The second-order valence-corrected chi connectivity index (χ2v) is 3.75. The highest BCUT2D eigenvalue weighted by atomic mass is 35.5. The van der Waals surface area contributed by atoms with Crippen LogP contribution in [0.5, 0.6) is 0 Å². The predicted molar refractivity (Wildman–Crippen MR) is 58.3 cm³/mol. The Morgan fingerprint density at radius 3 is 2.71 bits per heavy atom. The van der Waals surface area contributed by atoms with Gasteiger partial charge < -0.3 is 4.74 Å². The fraction of sp³-hybridized carbons (Fsp3) is 0.167. The van der Waals surface area contributed by atoms with E-state index in [1.165, 1.54) is 22.3 Å². The van der Waals surface area contributed by atoms with Crippen molar-refractivity contribution < 1.29 is 4.74 Å². The summed E-state index contributed by atoms with van der Waals surface area (Å²) in [5, 5.41) is 0. The lowest BCUT2D eigenvalue weighted by atomic mass is 9.76. The van der Waals surface area contributed by atoms with Gasteiger partial charge in [-0.05, 0) is 22.3 Å². The zero-order valence-corrected chi connectivity index (χ0v) is 8.25. The maximum atomic E-state index is 5.52. The zero-order valence-electron chi connectivity index (χ0n) is 7.44. The summed E-state index contributed by atoms with van der Waals surface area (Å²) in [6, 6.07) is 8.56. The molecule has 2 aliphatic carbocycles. The van der Waals surface area contributed by atoms with Crippen LogP contribution in [0.2, 0.25) is 0 Å². The summed E-state index contributed by atoms with van der Waals surface area (Å²) in [6.07, 6.45) is 5.13. The number of rotatable bonds is 0. The summed E-state index contributed by atoms with van der Waals surface area (Å²) in [4.78, 5) is 0. The van der Waals surface area contributed by atoms with E-state index in [1.807, 2.05) is 0 Å². The number of fused-ring (bicyclic) bond motifs is 5. The van der Waals surface area contributed by atoms with E-state index in [1.54, 1.807) is 0 Å². The minimum absolute atomic E-state index is 0. The molecule has 0 amide bonds. The van der Waals surface area contributed by atoms with E-state index in [2.05, 4.69) is 36.4 Å². The summed E-state index contributed by atoms with van der Waals surface area (Å²) in [5.74, 6) is 0. The van der Waals surface area contributed by atoms with Gasteiger partial charge in [-0.1, -0.05) is 36.4 Å². The van der Waals surface area contributed by atoms with E-state index in [0.717, 1.165) is 0 Å². The second kappa shape index (κ2) is 2.50. The van der Waals surface area contributed by atoms with Gasteiger partial charge in [-0.3, -0.25) is 0 Å². The van der Waals surface area contributed by atoms with E-state index in [-0.39, 0.29) is 12.4 Å². The van der Waals surface area contributed by atoms with Gasteiger partial charge in [0.2, 0.25) is 0 Å². The Hall–Kier alpha value is -1.05. The van der Waals surface area contributed by atoms with E-state index in [0.29, 0.717) is 12.2 Å². The monoisotopic (exact) mass is 204 g/mol. The first-order valence-corrected chi connectivity index (χ1v) is 4.63. The van der Waals surface area contributed by atoms with E-state index in [4.69, 9.17) is 4.74 Å². The Morgan fingerprint density at radius 1 is 1.07 bits per heavy atom. The molecular formula is C12H9ClO. The highest BCUT2D eigenvalue weighted by molar-refractivity contribution is 6.10.